The molecule has 3 saturated heterocycles. The van der Waals surface area contributed by atoms with Gasteiger partial charge in [-0.05, 0) is 48.8 Å². The zero-order valence-electron chi connectivity index (χ0n) is 20.2. The molecule has 0 aliphatic carbocycles. The van der Waals surface area contributed by atoms with Crippen LogP contribution in [0.15, 0.2) is 42.5 Å². The van der Waals surface area contributed by atoms with E-state index in [1.165, 1.54) is 22.8 Å². The Morgan fingerprint density at radius 1 is 1.00 bits per heavy atom. The van der Waals surface area contributed by atoms with Gasteiger partial charge in [-0.25, -0.2) is 13.6 Å². The first kappa shape index (κ1) is 24.2. The number of carbonyl (C=O) groups is 3. The van der Waals surface area contributed by atoms with Crippen LogP contribution in [0.5, 0.6) is 0 Å². The second-order valence-electron chi connectivity index (χ2n) is 10.0. The minimum Gasteiger partial charge on any atom is -0.447 e. The van der Waals surface area contributed by atoms with Gasteiger partial charge in [0.2, 0.25) is 5.91 Å². The standard InChI is InChI=1S/C27H29F2N3O4/c1-18-7-8-20(28)23(24(18)29)25(34)30-12-9-27(10-13-30)11-14-31(17-27)22(33)15-32-21(16-36-26(32)35)19-5-3-2-4-6-19/h2-8,21H,9-17H2,1H3. The predicted octanol–water partition coefficient (Wildman–Crippen LogP) is 3.92. The molecule has 0 bridgehead atoms. The second-order valence-corrected chi connectivity index (χ2v) is 10.0. The van der Waals surface area contributed by atoms with Gasteiger partial charge in [-0.15, -0.1) is 0 Å². The van der Waals surface area contributed by atoms with E-state index >= 15 is 0 Å². The van der Waals surface area contributed by atoms with Gasteiger partial charge in [-0.3, -0.25) is 14.5 Å². The maximum Gasteiger partial charge on any atom is 0.410 e. The molecule has 190 valence electrons. The second kappa shape index (κ2) is 9.52. The Kier molecular flexibility index (Phi) is 6.40. The fraction of sp³-hybridized carbons (Fsp3) is 0.444. The molecular formula is C27H29F2N3O4. The van der Waals surface area contributed by atoms with Crippen molar-refractivity contribution in [1.29, 1.82) is 0 Å². The quantitative estimate of drug-likeness (QED) is 0.642. The van der Waals surface area contributed by atoms with Gasteiger partial charge in [0.25, 0.3) is 5.91 Å². The summed E-state index contributed by atoms with van der Waals surface area (Å²) in [7, 11) is 0. The summed E-state index contributed by atoms with van der Waals surface area (Å²) in [5.41, 5.74) is 0.516. The van der Waals surface area contributed by atoms with E-state index in [9.17, 15) is 23.2 Å². The van der Waals surface area contributed by atoms with E-state index in [1.807, 2.05) is 30.3 Å². The Morgan fingerprint density at radius 2 is 1.67 bits per heavy atom. The molecule has 36 heavy (non-hydrogen) atoms. The van der Waals surface area contributed by atoms with Crippen LogP contribution < -0.4 is 0 Å². The molecule has 1 spiro atoms. The summed E-state index contributed by atoms with van der Waals surface area (Å²) in [5.74, 6) is -2.43. The SMILES string of the molecule is Cc1ccc(F)c(C(=O)N2CCC3(CCN(C(=O)CN4C(=O)OCC4c4ccccc4)C3)CC2)c1F. The third kappa shape index (κ3) is 4.42. The molecule has 5 rings (SSSR count). The number of hydrogen-bond acceptors (Lipinski definition) is 4. The molecule has 0 radical (unpaired) electrons. The smallest absolute Gasteiger partial charge is 0.410 e. The van der Waals surface area contributed by atoms with E-state index in [1.54, 1.807) is 4.90 Å². The lowest BCUT2D eigenvalue weighted by Crippen LogP contribution is -2.46. The van der Waals surface area contributed by atoms with Crippen LogP contribution in [0.3, 0.4) is 0 Å². The van der Waals surface area contributed by atoms with Crippen LogP contribution in [0, 0.1) is 24.0 Å². The van der Waals surface area contributed by atoms with Crippen LogP contribution in [0.25, 0.3) is 0 Å². The first-order valence-corrected chi connectivity index (χ1v) is 12.3. The topological polar surface area (TPSA) is 70.2 Å². The van der Waals surface area contributed by atoms with E-state index < -0.39 is 29.2 Å². The van der Waals surface area contributed by atoms with Crippen molar-refractivity contribution < 1.29 is 27.9 Å². The lowest BCUT2D eigenvalue weighted by molar-refractivity contribution is -0.131. The average molecular weight is 498 g/mol. The Labute approximate surface area is 208 Å². The number of hydrogen-bond donors (Lipinski definition) is 0. The number of piperidine rings is 1. The van der Waals surface area contributed by atoms with Crippen LogP contribution in [0.4, 0.5) is 13.6 Å². The Bertz CT molecular complexity index is 1180. The molecule has 3 amide bonds. The molecule has 0 N–H and O–H groups in total. The molecular weight excluding hydrogens is 468 g/mol. The molecule has 7 nitrogen and oxygen atoms in total. The van der Waals surface area contributed by atoms with Crippen LogP contribution in [0.2, 0.25) is 0 Å². The highest BCUT2D eigenvalue weighted by atomic mass is 19.1. The van der Waals surface area contributed by atoms with Crippen molar-refractivity contribution in [1.82, 2.24) is 14.7 Å². The maximum absolute atomic E-state index is 14.5. The summed E-state index contributed by atoms with van der Waals surface area (Å²) < 4.78 is 33.9. The van der Waals surface area contributed by atoms with Crippen molar-refractivity contribution in [3.05, 3.63) is 70.8 Å². The highest BCUT2D eigenvalue weighted by molar-refractivity contribution is 5.95. The van der Waals surface area contributed by atoms with Crippen molar-refractivity contribution in [3.8, 4) is 0 Å². The Hall–Kier alpha value is -3.49. The molecule has 2 aromatic rings. The lowest BCUT2D eigenvalue weighted by atomic mass is 9.77. The van der Waals surface area contributed by atoms with Crippen LogP contribution >= 0.6 is 0 Å². The van der Waals surface area contributed by atoms with Crippen molar-refractivity contribution in [2.75, 3.05) is 39.3 Å². The van der Waals surface area contributed by atoms with E-state index in [4.69, 9.17) is 4.74 Å². The summed E-state index contributed by atoms with van der Waals surface area (Å²) in [4.78, 5) is 43.1. The maximum atomic E-state index is 14.5. The van der Waals surface area contributed by atoms with Gasteiger partial charge in [0.05, 0.1) is 6.04 Å². The minimum atomic E-state index is -0.852. The zero-order chi connectivity index (χ0) is 25.4. The van der Waals surface area contributed by atoms with Gasteiger partial charge >= 0.3 is 6.09 Å². The van der Waals surface area contributed by atoms with Crippen molar-refractivity contribution in [2.45, 2.75) is 32.2 Å². The number of benzene rings is 2. The van der Waals surface area contributed by atoms with Crippen molar-refractivity contribution in [2.24, 2.45) is 5.41 Å². The summed E-state index contributed by atoms with van der Waals surface area (Å²) in [6, 6.07) is 11.7. The molecule has 1 atom stereocenters. The number of halogens is 2. The number of likely N-dealkylation sites (tertiary alicyclic amines) is 2. The van der Waals surface area contributed by atoms with E-state index in [0.29, 0.717) is 39.0 Å². The molecule has 9 heteroatoms. The largest absolute Gasteiger partial charge is 0.447 e. The summed E-state index contributed by atoms with van der Waals surface area (Å²) in [5, 5.41) is 0. The van der Waals surface area contributed by atoms with Crippen molar-refractivity contribution in [3.63, 3.8) is 0 Å². The van der Waals surface area contributed by atoms with E-state index in [-0.39, 0.29) is 36.1 Å². The zero-order valence-corrected chi connectivity index (χ0v) is 20.2. The molecule has 1 unspecified atom stereocenters. The summed E-state index contributed by atoms with van der Waals surface area (Å²) in [6.07, 6.45) is 1.60. The Balaban J connectivity index is 1.20. The number of rotatable bonds is 4. The van der Waals surface area contributed by atoms with Gasteiger partial charge in [0, 0.05) is 26.2 Å². The molecule has 3 aliphatic rings. The van der Waals surface area contributed by atoms with E-state index in [0.717, 1.165) is 18.1 Å². The number of ether oxygens (including phenoxy) is 1. The van der Waals surface area contributed by atoms with Gasteiger partial charge in [0.1, 0.15) is 30.3 Å². The highest BCUT2D eigenvalue weighted by Gasteiger charge is 2.44. The van der Waals surface area contributed by atoms with Crippen LogP contribution in [0.1, 0.15) is 46.8 Å². The van der Waals surface area contributed by atoms with Crippen LogP contribution in [-0.2, 0) is 9.53 Å². The number of nitrogens with zero attached hydrogens (tertiary/aromatic N) is 3. The number of cyclic esters (lactones) is 1. The highest BCUT2D eigenvalue weighted by Crippen LogP contribution is 2.41. The van der Waals surface area contributed by atoms with Gasteiger partial charge in [-0.1, -0.05) is 36.4 Å². The molecule has 3 fully saturated rings. The molecule has 3 aliphatic heterocycles. The monoisotopic (exact) mass is 497 g/mol. The summed E-state index contributed by atoms with van der Waals surface area (Å²) in [6.45, 7) is 3.54. The van der Waals surface area contributed by atoms with E-state index in [2.05, 4.69) is 0 Å². The predicted molar refractivity (Wildman–Crippen MR) is 127 cm³/mol. The fourth-order valence-electron chi connectivity index (χ4n) is 5.57. The first-order chi connectivity index (χ1) is 17.3. The van der Waals surface area contributed by atoms with Gasteiger partial charge in [-0.2, -0.15) is 0 Å². The third-order valence-electron chi connectivity index (χ3n) is 7.87. The third-order valence-corrected chi connectivity index (χ3v) is 7.87. The number of amides is 3. The van der Waals surface area contributed by atoms with Gasteiger partial charge < -0.3 is 14.5 Å². The van der Waals surface area contributed by atoms with Crippen LogP contribution in [-0.4, -0.2) is 71.9 Å². The lowest BCUT2D eigenvalue weighted by Gasteiger charge is -2.39. The fourth-order valence-corrected chi connectivity index (χ4v) is 5.57. The number of carbonyl (C=O) groups excluding carboxylic acids is 3. The Morgan fingerprint density at radius 3 is 2.36 bits per heavy atom. The molecule has 2 aromatic carbocycles. The summed E-state index contributed by atoms with van der Waals surface area (Å²) >= 11 is 0. The first-order valence-electron chi connectivity index (χ1n) is 12.3. The molecule has 3 heterocycles. The normalized spacial score (nSPS) is 21.2. The molecule has 0 saturated carbocycles. The average Bonchev–Trinajstić information content (AvgIpc) is 3.46. The van der Waals surface area contributed by atoms with Crippen molar-refractivity contribution >= 4 is 17.9 Å². The van der Waals surface area contributed by atoms with Gasteiger partial charge in [0.15, 0.2) is 0 Å². The number of aryl methyl sites for hydroxylation is 1. The molecule has 0 aromatic heterocycles. The minimum absolute atomic E-state index is 0.0506.